The molecule has 208 valence electrons. The van der Waals surface area contributed by atoms with Crippen LogP contribution in [0.15, 0.2) is 17.0 Å². The van der Waals surface area contributed by atoms with Crippen LogP contribution in [-0.2, 0) is 21.9 Å². The van der Waals surface area contributed by atoms with Crippen LogP contribution in [0.4, 0.5) is 14.5 Å². The molecule has 3 aromatic rings. The molecule has 1 atom stereocenters. The number of hydrogen-bond acceptors (Lipinski definition) is 9. The number of halogens is 2. The van der Waals surface area contributed by atoms with E-state index >= 15 is 0 Å². The highest BCUT2D eigenvalue weighted by Crippen LogP contribution is 2.40. The molecule has 1 aromatic carbocycles. The van der Waals surface area contributed by atoms with Gasteiger partial charge < -0.3 is 9.80 Å². The van der Waals surface area contributed by atoms with Crippen molar-refractivity contribution in [2.45, 2.75) is 50.0 Å². The number of sulfonamides is 1. The van der Waals surface area contributed by atoms with Crippen molar-refractivity contribution >= 4 is 43.9 Å². The van der Waals surface area contributed by atoms with Crippen molar-refractivity contribution in [3.8, 4) is 16.8 Å². The van der Waals surface area contributed by atoms with Gasteiger partial charge in [-0.05, 0) is 31.4 Å². The number of aromatic nitrogens is 4. The highest BCUT2D eigenvalue weighted by atomic mass is 32.2. The van der Waals surface area contributed by atoms with Gasteiger partial charge in [-0.25, -0.2) is 17.2 Å². The van der Waals surface area contributed by atoms with E-state index in [-0.39, 0.29) is 27.4 Å². The molecular weight excluding hydrogens is 550 g/mol. The summed E-state index contributed by atoms with van der Waals surface area (Å²) in [6.45, 7) is 5.73. The van der Waals surface area contributed by atoms with Gasteiger partial charge in [0.25, 0.3) is 6.43 Å². The number of benzene rings is 1. The second-order valence-electron chi connectivity index (χ2n) is 9.98. The predicted molar refractivity (Wildman–Crippen MR) is 141 cm³/mol. The summed E-state index contributed by atoms with van der Waals surface area (Å²) < 4.78 is 57.4. The van der Waals surface area contributed by atoms with Crippen LogP contribution in [0, 0.1) is 17.2 Å². The Morgan fingerprint density at radius 1 is 1.23 bits per heavy atom. The maximum atomic E-state index is 13.4. The molecule has 0 spiro atoms. The van der Waals surface area contributed by atoms with Gasteiger partial charge in [-0.15, -0.1) is 10.2 Å². The molecular formula is C24H28F2N8O3S2. The van der Waals surface area contributed by atoms with E-state index in [4.69, 9.17) is 0 Å². The molecule has 1 amide bonds. The lowest BCUT2D eigenvalue weighted by atomic mass is 10.1. The Morgan fingerprint density at radius 3 is 2.49 bits per heavy atom. The molecule has 1 aliphatic carbocycles. The van der Waals surface area contributed by atoms with Gasteiger partial charge in [0.1, 0.15) is 11.2 Å². The Morgan fingerprint density at radius 2 is 1.92 bits per heavy atom. The van der Waals surface area contributed by atoms with Crippen LogP contribution in [0.2, 0.25) is 0 Å². The average molecular weight is 579 g/mol. The third-order valence-electron chi connectivity index (χ3n) is 7.29. The van der Waals surface area contributed by atoms with Crippen LogP contribution in [0.1, 0.15) is 44.5 Å². The summed E-state index contributed by atoms with van der Waals surface area (Å²) in [5.74, 6) is 0.00494. The van der Waals surface area contributed by atoms with Gasteiger partial charge in [0.05, 0.1) is 22.2 Å². The van der Waals surface area contributed by atoms with Gasteiger partial charge in [0, 0.05) is 44.5 Å². The average Bonchev–Trinajstić information content (AvgIpc) is 3.35. The van der Waals surface area contributed by atoms with E-state index in [0.29, 0.717) is 66.9 Å². The van der Waals surface area contributed by atoms with Crippen molar-refractivity contribution in [2.24, 2.45) is 13.0 Å². The van der Waals surface area contributed by atoms with Crippen LogP contribution in [0.3, 0.4) is 0 Å². The Hall–Kier alpha value is -3.22. The molecule has 1 saturated heterocycles. The topological polar surface area (TPSA) is 137 Å². The summed E-state index contributed by atoms with van der Waals surface area (Å²) in [4.78, 5) is 16.5. The number of carbonyl (C=O) groups is 1. The summed E-state index contributed by atoms with van der Waals surface area (Å²) in [6.07, 6.45) is -1.21. The fraction of sp³-hybridized carbons (Fsp3) is 0.542. The highest BCUT2D eigenvalue weighted by Gasteiger charge is 2.47. The number of aryl methyl sites for hydroxylation is 1. The fourth-order valence-electron chi connectivity index (χ4n) is 4.67. The van der Waals surface area contributed by atoms with E-state index in [1.54, 1.807) is 17.8 Å². The Kier molecular flexibility index (Phi) is 7.06. The summed E-state index contributed by atoms with van der Waals surface area (Å²) in [6, 6.07) is 5.01. The molecule has 39 heavy (non-hydrogen) atoms. The van der Waals surface area contributed by atoms with Crippen LogP contribution >= 0.6 is 11.3 Å². The standard InChI is InChI=1S/C24H28F2N8O3S2/c1-4-14(2)23(35)34-9-7-33(8-10-34)17-12-15(39(36,37)31-24(13-27)5-6-24)11-16-18(30-32(3)19(16)17)21-28-29-22(38-21)20(25)26/h11-12,14,20,31H,4-10H2,1-3H3. The van der Waals surface area contributed by atoms with Crippen molar-refractivity contribution in [3.05, 3.63) is 17.1 Å². The van der Waals surface area contributed by atoms with Gasteiger partial charge in [0.2, 0.25) is 15.9 Å². The molecule has 0 bridgehead atoms. The SMILES string of the molecule is CCC(C)C(=O)N1CCN(c2cc(S(=O)(=O)NC3(C#N)CC3)cc3c(-c4nnc(C(F)F)s4)nn(C)c23)CC1. The molecule has 3 heterocycles. The summed E-state index contributed by atoms with van der Waals surface area (Å²) >= 11 is 0.695. The number of amides is 1. The maximum Gasteiger partial charge on any atom is 0.291 e. The second kappa shape index (κ2) is 10.1. The number of fused-ring (bicyclic) bond motifs is 1. The monoisotopic (exact) mass is 578 g/mol. The molecule has 15 heteroatoms. The second-order valence-corrected chi connectivity index (χ2v) is 12.7. The largest absolute Gasteiger partial charge is 0.366 e. The third kappa shape index (κ3) is 5.08. The lowest BCUT2D eigenvalue weighted by molar-refractivity contribution is -0.135. The summed E-state index contributed by atoms with van der Waals surface area (Å²) in [5, 5.41) is 21.5. The Labute approximate surface area is 228 Å². The number of nitriles is 1. The number of anilines is 1. The minimum atomic E-state index is -4.11. The fourth-order valence-corrected chi connectivity index (χ4v) is 6.79. The van der Waals surface area contributed by atoms with Gasteiger partial charge >= 0.3 is 0 Å². The molecule has 1 saturated carbocycles. The smallest absolute Gasteiger partial charge is 0.291 e. The molecule has 2 aromatic heterocycles. The number of rotatable bonds is 8. The minimum absolute atomic E-state index is 0.0718. The van der Waals surface area contributed by atoms with Crippen molar-refractivity contribution < 1.29 is 22.0 Å². The third-order valence-corrected chi connectivity index (χ3v) is 9.75. The van der Waals surface area contributed by atoms with E-state index in [1.165, 1.54) is 6.07 Å². The summed E-state index contributed by atoms with van der Waals surface area (Å²) in [7, 11) is -2.42. The van der Waals surface area contributed by atoms with Crippen LogP contribution in [-0.4, -0.2) is 70.9 Å². The number of carbonyl (C=O) groups excluding carboxylic acids is 1. The van der Waals surface area contributed by atoms with Crippen LogP contribution < -0.4 is 9.62 Å². The number of hydrogen-bond donors (Lipinski definition) is 1. The number of alkyl halides is 2. The number of nitrogens with zero attached hydrogens (tertiary/aromatic N) is 7. The quantitative estimate of drug-likeness (QED) is 0.431. The highest BCUT2D eigenvalue weighted by molar-refractivity contribution is 7.89. The van der Waals surface area contributed by atoms with Crippen LogP contribution in [0.5, 0.6) is 0 Å². The van der Waals surface area contributed by atoms with Crippen molar-refractivity contribution in [1.29, 1.82) is 5.26 Å². The molecule has 2 aliphatic rings. The Bertz CT molecular complexity index is 1570. The molecule has 0 radical (unpaired) electrons. The summed E-state index contributed by atoms with van der Waals surface area (Å²) in [5.41, 5.74) is 0.284. The Balaban J connectivity index is 1.59. The first-order valence-corrected chi connectivity index (χ1v) is 14.9. The first-order valence-electron chi connectivity index (χ1n) is 12.6. The van der Waals surface area contributed by atoms with E-state index in [9.17, 15) is 27.3 Å². The molecule has 1 N–H and O–H groups in total. The zero-order valence-corrected chi connectivity index (χ0v) is 23.3. The predicted octanol–water partition coefficient (Wildman–Crippen LogP) is 3.06. The molecule has 1 unspecified atom stereocenters. The van der Waals surface area contributed by atoms with Crippen molar-refractivity contribution in [2.75, 3.05) is 31.1 Å². The first kappa shape index (κ1) is 27.4. The van der Waals surface area contributed by atoms with E-state index in [2.05, 4.69) is 20.0 Å². The minimum Gasteiger partial charge on any atom is -0.366 e. The van der Waals surface area contributed by atoms with E-state index in [0.717, 1.165) is 6.42 Å². The van der Waals surface area contributed by atoms with Crippen molar-refractivity contribution in [1.82, 2.24) is 29.6 Å². The van der Waals surface area contributed by atoms with E-state index in [1.807, 2.05) is 29.7 Å². The number of nitrogens with one attached hydrogen (secondary N) is 1. The van der Waals surface area contributed by atoms with E-state index < -0.39 is 27.0 Å². The van der Waals surface area contributed by atoms with Gasteiger partial charge in [-0.1, -0.05) is 25.2 Å². The van der Waals surface area contributed by atoms with Gasteiger partial charge in [-0.2, -0.15) is 15.1 Å². The normalized spacial score (nSPS) is 18.0. The molecule has 2 fully saturated rings. The molecule has 1 aliphatic heterocycles. The molecule has 11 nitrogen and oxygen atoms in total. The van der Waals surface area contributed by atoms with Gasteiger partial charge in [-0.3, -0.25) is 9.48 Å². The van der Waals surface area contributed by atoms with Crippen LogP contribution in [0.25, 0.3) is 21.6 Å². The molecule has 5 rings (SSSR count). The first-order chi connectivity index (χ1) is 18.5. The zero-order chi connectivity index (χ0) is 28.1. The lowest BCUT2D eigenvalue weighted by Crippen LogP contribution is -2.50. The zero-order valence-electron chi connectivity index (χ0n) is 21.7. The number of piperazine rings is 1. The van der Waals surface area contributed by atoms with Crippen molar-refractivity contribution in [3.63, 3.8) is 0 Å². The lowest BCUT2D eigenvalue weighted by Gasteiger charge is -2.37. The maximum absolute atomic E-state index is 13.4. The van der Waals surface area contributed by atoms with Gasteiger partial charge in [0.15, 0.2) is 10.0 Å².